The molecular formula is C21H29N5O2. The summed E-state index contributed by atoms with van der Waals surface area (Å²) in [6, 6.07) is 9.97. The van der Waals surface area contributed by atoms with Crippen molar-refractivity contribution in [2.24, 2.45) is 13.0 Å². The van der Waals surface area contributed by atoms with Gasteiger partial charge in [-0.2, -0.15) is 0 Å². The van der Waals surface area contributed by atoms with Gasteiger partial charge in [-0.3, -0.25) is 9.69 Å². The molecule has 3 heterocycles. The highest BCUT2D eigenvalue weighted by atomic mass is 16.5. The Kier molecular flexibility index (Phi) is 6.02. The van der Waals surface area contributed by atoms with Crippen molar-refractivity contribution < 1.29 is 9.53 Å². The SMILES string of the molecule is Cn1c(CC(=O)N2CCC[C@H](CN3CCOCC3)C2)nnc1-c1ccccc1. The Morgan fingerprint density at radius 2 is 1.93 bits per heavy atom. The van der Waals surface area contributed by atoms with Gasteiger partial charge in [-0.25, -0.2) is 0 Å². The summed E-state index contributed by atoms with van der Waals surface area (Å²) in [6.45, 7) is 6.42. The highest BCUT2D eigenvalue weighted by Crippen LogP contribution is 2.20. The number of aromatic nitrogens is 3. The molecule has 0 bridgehead atoms. The van der Waals surface area contributed by atoms with E-state index >= 15 is 0 Å². The third kappa shape index (κ3) is 4.42. The third-order valence-electron chi connectivity index (χ3n) is 5.80. The molecule has 1 atom stereocenters. The number of hydrogen-bond acceptors (Lipinski definition) is 5. The van der Waals surface area contributed by atoms with Crippen molar-refractivity contribution in [3.8, 4) is 11.4 Å². The smallest absolute Gasteiger partial charge is 0.230 e. The number of carbonyl (C=O) groups excluding carboxylic acids is 1. The number of morpholine rings is 1. The zero-order chi connectivity index (χ0) is 19.3. The number of benzene rings is 1. The summed E-state index contributed by atoms with van der Waals surface area (Å²) in [5.74, 6) is 2.23. The van der Waals surface area contributed by atoms with Crippen molar-refractivity contribution in [1.82, 2.24) is 24.6 Å². The summed E-state index contributed by atoms with van der Waals surface area (Å²) in [4.78, 5) is 17.4. The molecule has 0 unspecified atom stereocenters. The Labute approximate surface area is 166 Å². The lowest BCUT2D eigenvalue weighted by atomic mass is 9.97. The van der Waals surface area contributed by atoms with E-state index in [-0.39, 0.29) is 5.91 Å². The van der Waals surface area contributed by atoms with Gasteiger partial charge < -0.3 is 14.2 Å². The van der Waals surface area contributed by atoms with Crippen molar-refractivity contribution in [2.75, 3.05) is 45.9 Å². The minimum atomic E-state index is 0.154. The molecule has 150 valence electrons. The van der Waals surface area contributed by atoms with Crippen LogP contribution in [-0.4, -0.2) is 76.4 Å². The van der Waals surface area contributed by atoms with Gasteiger partial charge in [0, 0.05) is 45.3 Å². The van der Waals surface area contributed by atoms with Crippen molar-refractivity contribution in [3.63, 3.8) is 0 Å². The predicted molar refractivity (Wildman–Crippen MR) is 107 cm³/mol. The topological polar surface area (TPSA) is 63.5 Å². The molecule has 2 fully saturated rings. The summed E-state index contributed by atoms with van der Waals surface area (Å²) in [6.07, 6.45) is 2.58. The van der Waals surface area contributed by atoms with Crippen LogP contribution in [0.4, 0.5) is 0 Å². The van der Waals surface area contributed by atoms with E-state index in [1.807, 2.05) is 46.8 Å². The zero-order valence-electron chi connectivity index (χ0n) is 16.6. The second-order valence-corrected chi connectivity index (χ2v) is 7.80. The lowest BCUT2D eigenvalue weighted by Gasteiger charge is -2.36. The molecule has 0 N–H and O–H groups in total. The van der Waals surface area contributed by atoms with Crippen LogP contribution in [0.5, 0.6) is 0 Å². The van der Waals surface area contributed by atoms with Crippen LogP contribution in [0.15, 0.2) is 30.3 Å². The maximum absolute atomic E-state index is 12.9. The van der Waals surface area contributed by atoms with Crippen LogP contribution in [0.1, 0.15) is 18.7 Å². The molecule has 2 aliphatic heterocycles. The molecule has 4 rings (SSSR count). The number of carbonyl (C=O) groups is 1. The fourth-order valence-corrected chi connectivity index (χ4v) is 4.19. The monoisotopic (exact) mass is 383 g/mol. The second kappa shape index (κ2) is 8.84. The average molecular weight is 383 g/mol. The molecule has 1 aromatic carbocycles. The van der Waals surface area contributed by atoms with Gasteiger partial charge in [-0.15, -0.1) is 10.2 Å². The maximum atomic E-state index is 12.9. The van der Waals surface area contributed by atoms with Gasteiger partial charge in [0.25, 0.3) is 0 Å². The molecule has 2 aliphatic rings. The summed E-state index contributed by atoms with van der Waals surface area (Å²) in [5, 5.41) is 8.58. The third-order valence-corrected chi connectivity index (χ3v) is 5.80. The predicted octanol–water partition coefficient (Wildman–Crippen LogP) is 1.60. The summed E-state index contributed by atoms with van der Waals surface area (Å²) >= 11 is 0. The molecule has 7 nitrogen and oxygen atoms in total. The first-order valence-corrected chi connectivity index (χ1v) is 10.2. The van der Waals surface area contributed by atoms with Crippen LogP contribution < -0.4 is 0 Å². The van der Waals surface area contributed by atoms with E-state index in [2.05, 4.69) is 15.1 Å². The fourth-order valence-electron chi connectivity index (χ4n) is 4.19. The van der Waals surface area contributed by atoms with Crippen molar-refractivity contribution in [2.45, 2.75) is 19.3 Å². The number of hydrogen-bond donors (Lipinski definition) is 0. The van der Waals surface area contributed by atoms with Gasteiger partial charge in [-0.1, -0.05) is 30.3 Å². The number of piperidine rings is 1. The Bertz CT molecular complexity index is 785. The molecule has 1 amide bonds. The van der Waals surface area contributed by atoms with Gasteiger partial charge in [0.05, 0.1) is 19.6 Å². The van der Waals surface area contributed by atoms with Crippen molar-refractivity contribution >= 4 is 5.91 Å². The Morgan fingerprint density at radius 1 is 1.14 bits per heavy atom. The molecule has 2 saturated heterocycles. The van der Waals surface area contributed by atoms with Gasteiger partial charge >= 0.3 is 0 Å². The Morgan fingerprint density at radius 3 is 2.71 bits per heavy atom. The van der Waals surface area contributed by atoms with Crippen LogP contribution >= 0.6 is 0 Å². The largest absolute Gasteiger partial charge is 0.379 e. The molecule has 0 spiro atoms. The fraction of sp³-hybridized carbons (Fsp3) is 0.571. The Balaban J connectivity index is 1.36. The molecule has 1 aromatic heterocycles. The summed E-state index contributed by atoms with van der Waals surface area (Å²) < 4.78 is 7.37. The highest BCUT2D eigenvalue weighted by molar-refractivity contribution is 5.78. The van der Waals surface area contributed by atoms with E-state index in [4.69, 9.17) is 4.74 Å². The van der Waals surface area contributed by atoms with E-state index in [1.165, 1.54) is 6.42 Å². The van der Waals surface area contributed by atoms with Crippen LogP contribution in [-0.2, 0) is 23.0 Å². The number of ether oxygens (including phenoxy) is 1. The standard InChI is InChI=1S/C21H29N5O2/c1-24-19(22-23-21(24)18-7-3-2-4-8-18)14-20(27)26-9-5-6-17(16-26)15-25-10-12-28-13-11-25/h2-4,7-8,17H,5-6,9-16H2,1H3/t17-/m1/s1. The number of amides is 1. The van der Waals surface area contributed by atoms with Crippen molar-refractivity contribution in [1.29, 1.82) is 0 Å². The number of likely N-dealkylation sites (tertiary alicyclic amines) is 1. The van der Waals surface area contributed by atoms with E-state index in [0.29, 0.717) is 12.3 Å². The lowest BCUT2D eigenvalue weighted by molar-refractivity contribution is -0.132. The highest BCUT2D eigenvalue weighted by Gasteiger charge is 2.27. The first kappa shape index (κ1) is 19.1. The molecule has 28 heavy (non-hydrogen) atoms. The normalized spacial score (nSPS) is 21.0. The lowest BCUT2D eigenvalue weighted by Crippen LogP contribution is -2.46. The van der Waals surface area contributed by atoms with Crippen LogP contribution in [0.2, 0.25) is 0 Å². The molecule has 0 aliphatic carbocycles. The van der Waals surface area contributed by atoms with Gasteiger partial charge in [0.1, 0.15) is 5.82 Å². The Hall–Kier alpha value is -2.25. The first-order valence-electron chi connectivity index (χ1n) is 10.2. The second-order valence-electron chi connectivity index (χ2n) is 7.80. The zero-order valence-corrected chi connectivity index (χ0v) is 16.6. The molecular weight excluding hydrogens is 354 g/mol. The van der Waals surface area contributed by atoms with E-state index in [0.717, 1.165) is 69.6 Å². The van der Waals surface area contributed by atoms with Gasteiger partial charge in [-0.05, 0) is 18.8 Å². The van der Waals surface area contributed by atoms with Gasteiger partial charge in [0.2, 0.25) is 5.91 Å². The van der Waals surface area contributed by atoms with E-state index in [1.54, 1.807) is 0 Å². The molecule has 2 aromatic rings. The molecule has 0 saturated carbocycles. The molecule has 7 heteroatoms. The van der Waals surface area contributed by atoms with Gasteiger partial charge in [0.15, 0.2) is 5.82 Å². The quantitative estimate of drug-likeness (QED) is 0.785. The minimum absolute atomic E-state index is 0.154. The first-order chi connectivity index (χ1) is 13.7. The van der Waals surface area contributed by atoms with E-state index < -0.39 is 0 Å². The van der Waals surface area contributed by atoms with Crippen LogP contribution in [0, 0.1) is 5.92 Å². The van der Waals surface area contributed by atoms with Crippen LogP contribution in [0.25, 0.3) is 11.4 Å². The van der Waals surface area contributed by atoms with Crippen molar-refractivity contribution in [3.05, 3.63) is 36.2 Å². The number of nitrogens with zero attached hydrogens (tertiary/aromatic N) is 5. The maximum Gasteiger partial charge on any atom is 0.230 e. The van der Waals surface area contributed by atoms with E-state index in [9.17, 15) is 4.79 Å². The van der Waals surface area contributed by atoms with Crippen LogP contribution in [0.3, 0.4) is 0 Å². The summed E-state index contributed by atoms with van der Waals surface area (Å²) in [7, 11) is 1.93. The average Bonchev–Trinajstić information content (AvgIpc) is 3.10. The summed E-state index contributed by atoms with van der Waals surface area (Å²) in [5.41, 5.74) is 1.01. The molecule has 0 radical (unpaired) electrons. The minimum Gasteiger partial charge on any atom is -0.379 e. The number of rotatable bonds is 5.